The summed E-state index contributed by atoms with van der Waals surface area (Å²) in [4.78, 5) is 14.3. The maximum Gasteiger partial charge on any atom is 0.262 e. The Labute approximate surface area is 165 Å². The summed E-state index contributed by atoms with van der Waals surface area (Å²) in [5.74, 6) is 0.618. The molecule has 0 saturated heterocycles. The predicted octanol–water partition coefficient (Wildman–Crippen LogP) is 5.19. The second-order valence-electron chi connectivity index (χ2n) is 6.41. The second kappa shape index (κ2) is 7.21. The number of carbonyl (C=O) groups is 1. The van der Waals surface area contributed by atoms with Crippen LogP contribution in [0, 0.1) is 6.92 Å². The maximum absolute atomic E-state index is 12.6. The highest BCUT2D eigenvalue weighted by Gasteiger charge is 2.19. The van der Waals surface area contributed by atoms with E-state index in [1.165, 1.54) is 11.3 Å². The van der Waals surface area contributed by atoms with Crippen molar-refractivity contribution in [3.63, 3.8) is 0 Å². The minimum atomic E-state index is -0.190. The number of hydrogen-bond donors (Lipinski definition) is 1. The number of amides is 1. The van der Waals surface area contributed by atoms with Gasteiger partial charge in [-0.2, -0.15) is 5.10 Å². The molecule has 1 unspecified atom stereocenters. The van der Waals surface area contributed by atoms with Crippen LogP contribution in [0.2, 0.25) is 5.02 Å². The highest BCUT2D eigenvalue weighted by Crippen LogP contribution is 2.29. The molecular formula is C20H18ClN3O2S. The zero-order chi connectivity index (χ0) is 19.0. The molecule has 3 aromatic heterocycles. The lowest BCUT2D eigenvalue weighted by Gasteiger charge is -2.10. The number of furan rings is 1. The van der Waals surface area contributed by atoms with E-state index in [9.17, 15) is 4.79 Å². The Morgan fingerprint density at radius 1 is 1.33 bits per heavy atom. The molecule has 1 aromatic carbocycles. The van der Waals surface area contributed by atoms with Gasteiger partial charge in [-0.3, -0.25) is 9.48 Å². The molecule has 0 aliphatic rings. The predicted molar refractivity (Wildman–Crippen MR) is 107 cm³/mol. The number of thiophene rings is 1. The van der Waals surface area contributed by atoms with Gasteiger partial charge in [-0.1, -0.05) is 23.7 Å². The Morgan fingerprint density at radius 2 is 2.11 bits per heavy atom. The molecule has 3 heterocycles. The van der Waals surface area contributed by atoms with Crippen molar-refractivity contribution in [3.05, 3.63) is 75.6 Å². The minimum absolute atomic E-state index is 0.113. The molecule has 4 aromatic rings. The molecule has 7 heteroatoms. The minimum Gasteiger partial charge on any atom is -0.467 e. The second-order valence-corrected chi connectivity index (χ2v) is 7.88. The van der Waals surface area contributed by atoms with Crippen LogP contribution in [-0.4, -0.2) is 15.7 Å². The van der Waals surface area contributed by atoms with Crippen LogP contribution in [0.3, 0.4) is 0 Å². The number of aryl methyl sites for hydroxylation is 1. The standard InChI is InChI=1S/C20H18ClN3O2S/c1-12-16-10-18(19(25)22-13(2)17-4-3-9-26-17)27-20(16)24(23-12)11-14-5-7-15(21)8-6-14/h3-10,13H,11H2,1-2H3,(H,22,25). The maximum atomic E-state index is 12.6. The van der Waals surface area contributed by atoms with Crippen molar-refractivity contribution in [3.8, 4) is 0 Å². The normalized spacial score (nSPS) is 12.4. The molecule has 0 aliphatic heterocycles. The van der Waals surface area contributed by atoms with E-state index < -0.39 is 0 Å². The summed E-state index contributed by atoms with van der Waals surface area (Å²) < 4.78 is 7.29. The van der Waals surface area contributed by atoms with Gasteiger partial charge >= 0.3 is 0 Å². The molecule has 1 N–H and O–H groups in total. The van der Waals surface area contributed by atoms with Crippen LogP contribution in [0.5, 0.6) is 0 Å². The first-order valence-electron chi connectivity index (χ1n) is 8.57. The molecule has 0 bridgehead atoms. The van der Waals surface area contributed by atoms with Crippen molar-refractivity contribution in [2.75, 3.05) is 0 Å². The van der Waals surface area contributed by atoms with Crippen LogP contribution in [-0.2, 0) is 6.54 Å². The summed E-state index contributed by atoms with van der Waals surface area (Å²) in [6, 6.07) is 13.1. The fourth-order valence-electron chi connectivity index (χ4n) is 2.97. The lowest BCUT2D eigenvalue weighted by Crippen LogP contribution is -2.25. The number of fused-ring (bicyclic) bond motifs is 1. The molecule has 0 saturated carbocycles. The molecule has 0 aliphatic carbocycles. The van der Waals surface area contributed by atoms with E-state index in [-0.39, 0.29) is 11.9 Å². The number of nitrogens with zero attached hydrogens (tertiary/aromatic N) is 2. The average molecular weight is 400 g/mol. The van der Waals surface area contributed by atoms with E-state index in [1.54, 1.807) is 6.26 Å². The van der Waals surface area contributed by atoms with Crippen LogP contribution in [0.1, 0.15) is 39.7 Å². The van der Waals surface area contributed by atoms with Crippen LogP contribution in [0.15, 0.2) is 53.1 Å². The first-order chi connectivity index (χ1) is 13.0. The summed E-state index contributed by atoms with van der Waals surface area (Å²) in [7, 11) is 0. The van der Waals surface area contributed by atoms with Gasteiger partial charge in [0.15, 0.2) is 0 Å². The topological polar surface area (TPSA) is 60.1 Å². The van der Waals surface area contributed by atoms with Crippen LogP contribution in [0.25, 0.3) is 10.2 Å². The van der Waals surface area contributed by atoms with Crippen molar-refractivity contribution in [2.24, 2.45) is 0 Å². The van der Waals surface area contributed by atoms with Gasteiger partial charge < -0.3 is 9.73 Å². The molecule has 0 radical (unpaired) electrons. The smallest absolute Gasteiger partial charge is 0.262 e. The first kappa shape index (κ1) is 17.8. The highest BCUT2D eigenvalue weighted by atomic mass is 35.5. The summed E-state index contributed by atoms with van der Waals surface area (Å²) >= 11 is 7.41. The zero-order valence-corrected chi connectivity index (χ0v) is 16.5. The van der Waals surface area contributed by atoms with E-state index in [1.807, 2.05) is 61.0 Å². The molecule has 4 rings (SSSR count). The van der Waals surface area contributed by atoms with Gasteiger partial charge in [0.25, 0.3) is 5.91 Å². The van der Waals surface area contributed by atoms with Crippen molar-refractivity contribution in [1.82, 2.24) is 15.1 Å². The van der Waals surface area contributed by atoms with Crippen molar-refractivity contribution < 1.29 is 9.21 Å². The fraction of sp³-hybridized carbons (Fsp3) is 0.200. The van der Waals surface area contributed by atoms with E-state index in [0.29, 0.717) is 16.4 Å². The molecule has 27 heavy (non-hydrogen) atoms. The summed E-state index contributed by atoms with van der Waals surface area (Å²) in [6.07, 6.45) is 1.60. The Hall–Kier alpha value is -2.57. The van der Waals surface area contributed by atoms with Crippen molar-refractivity contribution in [2.45, 2.75) is 26.4 Å². The zero-order valence-electron chi connectivity index (χ0n) is 14.9. The highest BCUT2D eigenvalue weighted by molar-refractivity contribution is 7.20. The third-order valence-electron chi connectivity index (χ3n) is 4.39. The Kier molecular flexibility index (Phi) is 4.76. The van der Waals surface area contributed by atoms with Gasteiger partial charge in [0.2, 0.25) is 0 Å². The number of halogens is 1. The van der Waals surface area contributed by atoms with Gasteiger partial charge in [0.05, 0.1) is 29.4 Å². The monoisotopic (exact) mass is 399 g/mol. The third-order valence-corrected chi connectivity index (χ3v) is 5.79. The Morgan fingerprint density at radius 3 is 2.81 bits per heavy atom. The van der Waals surface area contributed by atoms with Crippen LogP contribution >= 0.6 is 22.9 Å². The molecular weight excluding hydrogens is 382 g/mol. The number of benzene rings is 1. The Balaban J connectivity index is 1.58. The van der Waals surface area contributed by atoms with Gasteiger partial charge in [-0.15, -0.1) is 11.3 Å². The summed E-state index contributed by atoms with van der Waals surface area (Å²) in [6.45, 7) is 4.49. The van der Waals surface area contributed by atoms with E-state index >= 15 is 0 Å². The number of aromatic nitrogens is 2. The van der Waals surface area contributed by atoms with Crippen molar-refractivity contribution >= 4 is 39.1 Å². The van der Waals surface area contributed by atoms with Gasteiger partial charge in [0, 0.05) is 10.4 Å². The first-order valence-corrected chi connectivity index (χ1v) is 9.76. The molecule has 1 atom stereocenters. The van der Waals surface area contributed by atoms with Crippen LogP contribution < -0.4 is 5.32 Å². The quantitative estimate of drug-likeness (QED) is 0.502. The van der Waals surface area contributed by atoms with E-state index in [2.05, 4.69) is 10.4 Å². The Bertz CT molecular complexity index is 1080. The summed E-state index contributed by atoms with van der Waals surface area (Å²) in [5, 5.41) is 9.31. The lowest BCUT2D eigenvalue weighted by atomic mass is 10.2. The third kappa shape index (κ3) is 3.63. The van der Waals surface area contributed by atoms with Crippen LogP contribution in [0.4, 0.5) is 0 Å². The number of carbonyl (C=O) groups excluding carboxylic acids is 1. The number of rotatable bonds is 5. The lowest BCUT2D eigenvalue weighted by molar-refractivity contribution is 0.0939. The number of hydrogen-bond acceptors (Lipinski definition) is 4. The van der Waals surface area contributed by atoms with Crippen molar-refractivity contribution in [1.29, 1.82) is 0 Å². The molecule has 1 amide bonds. The number of nitrogens with one attached hydrogen (secondary N) is 1. The van der Waals surface area contributed by atoms with Gasteiger partial charge in [0.1, 0.15) is 10.6 Å². The van der Waals surface area contributed by atoms with E-state index in [0.717, 1.165) is 27.2 Å². The van der Waals surface area contributed by atoms with E-state index in [4.69, 9.17) is 16.0 Å². The molecule has 138 valence electrons. The average Bonchev–Trinajstić information content (AvgIpc) is 3.37. The largest absolute Gasteiger partial charge is 0.467 e. The fourth-order valence-corrected chi connectivity index (χ4v) is 4.16. The SMILES string of the molecule is Cc1nn(Cc2ccc(Cl)cc2)c2sc(C(=O)NC(C)c3ccco3)cc12. The molecule has 5 nitrogen and oxygen atoms in total. The van der Waals surface area contributed by atoms with Gasteiger partial charge in [-0.05, 0) is 49.7 Å². The van der Waals surface area contributed by atoms with Gasteiger partial charge in [-0.25, -0.2) is 0 Å². The molecule has 0 spiro atoms. The summed E-state index contributed by atoms with van der Waals surface area (Å²) in [5.41, 5.74) is 2.02. The molecule has 0 fully saturated rings.